The van der Waals surface area contributed by atoms with E-state index in [1.165, 1.54) is 0 Å². The predicted molar refractivity (Wildman–Crippen MR) is 72.8 cm³/mol. The smallest absolute Gasteiger partial charge is 0.308 e. The van der Waals surface area contributed by atoms with Crippen molar-refractivity contribution in [2.45, 2.75) is 51.6 Å². The summed E-state index contributed by atoms with van der Waals surface area (Å²) in [6, 6.07) is 3.97. The maximum atomic E-state index is 11.5. The molecule has 2 unspecified atom stereocenters. The van der Waals surface area contributed by atoms with Crippen LogP contribution < -0.4 is 0 Å². The number of carbonyl (C=O) groups is 1. The fraction of sp³-hybridized carbons (Fsp3) is 0.667. The molecule has 1 aromatic rings. The Hall–Kier alpha value is -1.29. The Morgan fingerprint density at radius 2 is 2.21 bits per heavy atom. The molecular weight excluding hydrogens is 242 g/mol. The Bertz CT molecular complexity index is 388. The number of hydrogen-bond acceptors (Lipinski definition) is 3. The first-order valence-electron chi connectivity index (χ1n) is 7.21. The summed E-state index contributed by atoms with van der Waals surface area (Å²) in [4.78, 5) is 13.7. The molecule has 0 aromatic carbocycles. The van der Waals surface area contributed by atoms with E-state index in [2.05, 4.69) is 11.8 Å². The van der Waals surface area contributed by atoms with Gasteiger partial charge in [-0.3, -0.25) is 9.69 Å². The molecule has 1 heterocycles. The maximum Gasteiger partial charge on any atom is 0.308 e. The van der Waals surface area contributed by atoms with Crippen LogP contribution in [0, 0.1) is 5.92 Å². The highest BCUT2D eigenvalue weighted by atomic mass is 16.4. The van der Waals surface area contributed by atoms with Crippen LogP contribution >= 0.6 is 0 Å². The van der Waals surface area contributed by atoms with Crippen LogP contribution in [0.4, 0.5) is 0 Å². The zero-order valence-electron chi connectivity index (χ0n) is 11.5. The van der Waals surface area contributed by atoms with Gasteiger partial charge in [0, 0.05) is 6.04 Å². The summed E-state index contributed by atoms with van der Waals surface area (Å²) in [7, 11) is 0. The highest BCUT2D eigenvalue weighted by molar-refractivity contribution is 5.70. The average Bonchev–Trinajstić information content (AvgIpc) is 2.78. The number of aliphatic carboxylic acids is 1. The molecule has 2 rings (SSSR count). The molecule has 106 valence electrons. The number of furan rings is 1. The number of carboxylic acids is 1. The van der Waals surface area contributed by atoms with E-state index in [4.69, 9.17) is 4.42 Å². The minimum Gasteiger partial charge on any atom is -0.481 e. The molecule has 4 nitrogen and oxygen atoms in total. The summed E-state index contributed by atoms with van der Waals surface area (Å²) in [6.45, 7) is 3.65. The molecule has 4 heteroatoms. The fourth-order valence-electron chi connectivity index (χ4n) is 3.08. The standard InChI is InChI=1S/C15H23NO3/c1-2-16(11-12-7-6-10-19-12)14-9-5-3-4-8-13(14)15(17)18/h6-7,10,13-14H,2-5,8-9,11H2,1H3,(H,17,18). The molecule has 1 aromatic heterocycles. The maximum absolute atomic E-state index is 11.5. The van der Waals surface area contributed by atoms with Crippen LogP contribution in [-0.2, 0) is 11.3 Å². The topological polar surface area (TPSA) is 53.7 Å². The van der Waals surface area contributed by atoms with Gasteiger partial charge in [0.15, 0.2) is 0 Å². The summed E-state index contributed by atoms with van der Waals surface area (Å²) < 4.78 is 5.39. The number of nitrogens with zero attached hydrogens (tertiary/aromatic N) is 1. The second-order valence-corrected chi connectivity index (χ2v) is 5.29. The van der Waals surface area contributed by atoms with Gasteiger partial charge in [0.05, 0.1) is 18.7 Å². The summed E-state index contributed by atoms with van der Waals surface area (Å²) in [5, 5.41) is 9.45. The highest BCUT2D eigenvalue weighted by Crippen LogP contribution is 2.28. The summed E-state index contributed by atoms with van der Waals surface area (Å²) in [6.07, 6.45) is 6.76. The highest BCUT2D eigenvalue weighted by Gasteiger charge is 2.33. The summed E-state index contributed by atoms with van der Waals surface area (Å²) in [5.74, 6) is 0.0254. The summed E-state index contributed by atoms with van der Waals surface area (Å²) >= 11 is 0. The zero-order valence-corrected chi connectivity index (χ0v) is 11.5. The van der Waals surface area contributed by atoms with Crippen LogP contribution in [0.3, 0.4) is 0 Å². The van der Waals surface area contributed by atoms with Crippen molar-refractivity contribution in [3.63, 3.8) is 0 Å². The van der Waals surface area contributed by atoms with Crippen LogP contribution in [0.5, 0.6) is 0 Å². The molecule has 19 heavy (non-hydrogen) atoms. The Labute approximate surface area is 114 Å². The quantitative estimate of drug-likeness (QED) is 0.831. The van der Waals surface area contributed by atoms with Crippen LogP contribution in [0.1, 0.15) is 44.8 Å². The van der Waals surface area contributed by atoms with E-state index >= 15 is 0 Å². The van der Waals surface area contributed by atoms with Gasteiger partial charge in [-0.15, -0.1) is 0 Å². The monoisotopic (exact) mass is 265 g/mol. The van der Waals surface area contributed by atoms with Crippen molar-refractivity contribution in [2.24, 2.45) is 5.92 Å². The molecule has 0 saturated heterocycles. The van der Waals surface area contributed by atoms with Gasteiger partial charge in [0.25, 0.3) is 0 Å². The Morgan fingerprint density at radius 3 is 2.84 bits per heavy atom. The molecule has 1 aliphatic carbocycles. The second-order valence-electron chi connectivity index (χ2n) is 5.29. The fourth-order valence-corrected chi connectivity index (χ4v) is 3.08. The molecule has 0 bridgehead atoms. The van der Waals surface area contributed by atoms with Crippen molar-refractivity contribution >= 4 is 5.97 Å². The number of hydrogen-bond donors (Lipinski definition) is 1. The van der Waals surface area contributed by atoms with Crippen molar-refractivity contribution in [1.29, 1.82) is 0 Å². The van der Waals surface area contributed by atoms with Gasteiger partial charge in [-0.25, -0.2) is 0 Å². The molecule has 0 radical (unpaired) electrons. The van der Waals surface area contributed by atoms with Crippen LogP contribution in [-0.4, -0.2) is 28.6 Å². The van der Waals surface area contributed by atoms with E-state index in [0.717, 1.165) is 44.4 Å². The van der Waals surface area contributed by atoms with Gasteiger partial charge < -0.3 is 9.52 Å². The first kappa shape index (κ1) is 14.1. The minimum absolute atomic E-state index is 0.134. The number of rotatable bonds is 5. The molecular formula is C15H23NO3. The largest absolute Gasteiger partial charge is 0.481 e. The minimum atomic E-state index is -0.648. The SMILES string of the molecule is CCN(Cc1ccco1)C1CCCCCC1C(=O)O. The van der Waals surface area contributed by atoms with Crippen molar-refractivity contribution in [1.82, 2.24) is 4.90 Å². The Balaban J connectivity index is 2.10. The van der Waals surface area contributed by atoms with Crippen LogP contribution in [0.25, 0.3) is 0 Å². The van der Waals surface area contributed by atoms with Crippen molar-refractivity contribution < 1.29 is 14.3 Å². The van der Waals surface area contributed by atoms with Crippen molar-refractivity contribution in [3.8, 4) is 0 Å². The van der Waals surface area contributed by atoms with Gasteiger partial charge >= 0.3 is 5.97 Å². The van der Waals surface area contributed by atoms with E-state index < -0.39 is 5.97 Å². The molecule has 0 amide bonds. The third kappa shape index (κ3) is 3.60. The van der Waals surface area contributed by atoms with E-state index in [1.54, 1.807) is 6.26 Å². The van der Waals surface area contributed by atoms with Gasteiger partial charge in [-0.2, -0.15) is 0 Å². The lowest BCUT2D eigenvalue weighted by atomic mass is 9.93. The normalized spacial score (nSPS) is 24.3. The van der Waals surface area contributed by atoms with Gasteiger partial charge in [0.2, 0.25) is 0 Å². The van der Waals surface area contributed by atoms with Gasteiger partial charge in [-0.05, 0) is 31.5 Å². The molecule has 1 saturated carbocycles. The first-order valence-corrected chi connectivity index (χ1v) is 7.21. The zero-order chi connectivity index (χ0) is 13.7. The summed E-state index contributed by atoms with van der Waals surface area (Å²) in [5.41, 5.74) is 0. The molecule has 0 spiro atoms. The van der Waals surface area contributed by atoms with E-state index in [1.807, 2.05) is 12.1 Å². The van der Waals surface area contributed by atoms with E-state index in [9.17, 15) is 9.90 Å². The predicted octanol–water partition coefficient (Wildman–Crippen LogP) is 3.14. The molecule has 1 N–H and O–H groups in total. The van der Waals surface area contributed by atoms with Gasteiger partial charge in [0.1, 0.15) is 5.76 Å². The first-order chi connectivity index (χ1) is 9.22. The Morgan fingerprint density at radius 1 is 1.42 bits per heavy atom. The van der Waals surface area contributed by atoms with Crippen LogP contribution in [0.15, 0.2) is 22.8 Å². The van der Waals surface area contributed by atoms with E-state index in [0.29, 0.717) is 6.54 Å². The van der Waals surface area contributed by atoms with E-state index in [-0.39, 0.29) is 12.0 Å². The molecule has 2 atom stereocenters. The van der Waals surface area contributed by atoms with Crippen LogP contribution in [0.2, 0.25) is 0 Å². The lowest BCUT2D eigenvalue weighted by Gasteiger charge is -2.33. The van der Waals surface area contributed by atoms with Gasteiger partial charge in [-0.1, -0.05) is 26.2 Å². The average molecular weight is 265 g/mol. The van der Waals surface area contributed by atoms with Crippen molar-refractivity contribution in [3.05, 3.63) is 24.2 Å². The number of carboxylic acid groups (broad SMARTS) is 1. The third-order valence-electron chi connectivity index (χ3n) is 4.11. The lowest BCUT2D eigenvalue weighted by molar-refractivity contribution is -0.144. The molecule has 1 fully saturated rings. The van der Waals surface area contributed by atoms with Crippen molar-refractivity contribution in [2.75, 3.05) is 6.54 Å². The third-order valence-corrected chi connectivity index (χ3v) is 4.11. The molecule has 1 aliphatic rings. The lowest BCUT2D eigenvalue weighted by Crippen LogP contribution is -2.42. The molecule has 0 aliphatic heterocycles. The second kappa shape index (κ2) is 6.75. The Kier molecular flexibility index (Phi) is 5.02.